The summed E-state index contributed by atoms with van der Waals surface area (Å²) in [6, 6.07) is 16.0. The fourth-order valence-corrected chi connectivity index (χ4v) is 3.39. The number of hydrogen-bond donors (Lipinski definition) is 1. The number of carbonyl (C=O) groups is 2. The molecule has 30 heavy (non-hydrogen) atoms. The van der Waals surface area contributed by atoms with Crippen molar-refractivity contribution < 1.29 is 14.3 Å². The summed E-state index contributed by atoms with van der Waals surface area (Å²) >= 11 is 6.04. The molecule has 0 aliphatic heterocycles. The normalized spacial score (nSPS) is 10.9. The van der Waals surface area contributed by atoms with Crippen molar-refractivity contribution in [2.24, 2.45) is 5.10 Å². The molecule has 0 aliphatic rings. The lowest BCUT2D eigenvalue weighted by Crippen LogP contribution is -2.18. The highest BCUT2D eigenvalue weighted by Crippen LogP contribution is 2.21. The highest BCUT2D eigenvalue weighted by atomic mass is 35.5. The summed E-state index contributed by atoms with van der Waals surface area (Å²) in [5.41, 5.74) is 6.92. The molecule has 1 N–H and O–H groups in total. The monoisotopic (exact) mass is 423 g/mol. The van der Waals surface area contributed by atoms with E-state index in [4.69, 9.17) is 16.3 Å². The van der Waals surface area contributed by atoms with Crippen molar-refractivity contribution >= 4 is 29.7 Å². The summed E-state index contributed by atoms with van der Waals surface area (Å²) in [5, 5.41) is 4.43. The Morgan fingerprint density at radius 1 is 1.13 bits per heavy atom. The van der Waals surface area contributed by atoms with E-state index in [9.17, 15) is 9.59 Å². The van der Waals surface area contributed by atoms with Crippen LogP contribution < -0.4 is 5.43 Å². The van der Waals surface area contributed by atoms with Crippen LogP contribution in [0.15, 0.2) is 59.7 Å². The first-order valence-corrected chi connectivity index (χ1v) is 9.84. The molecule has 0 saturated carbocycles. The van der Waals surface area contributed by atoms with Crippen LogP contribution in [0.25, 0.3) is 5.69 Å². The van der Waals surface area contributed by atoms with Gasteiger partial charge in [0.25, 0.3) is 5.91 Å². The molecule has 0 atom stereocenters. The predicted molar refractivity (Wildman–Crippen MR) is 118 cm³/mol. The van der Waals surface area contributed by atoms with Crippen LogP contribution in [0.2, 0.25) is 5.02 Å². The number of rotatable bonds is 6. The number of amides is 1. The molecule has 0 unspecified atom stereocenters. The molecule has 3 rings (SSSR count). The maximum absolute atomic E-state index is 12.2. The van der Waals surface area contributed by atoms with Gasteiger partial charge in [0.2, 0.25) is 0 Å². The van der Waals surface area contributed by atoms with Gasteiger partial charge >= 0.3 is 5.97 Å². The van der Waals surface area contributed by atoms with Crippen molar-refractivity contribution in [2.45, 2.75) is 20.8 Å². The second-order valence-corrected chi connectivity index (χ2v) is 7.02. The maximum atomic E-state index is 12.2. The van der Waals surface area contributed by atoms with Gasteiger partial charge in [-0.2, -0.15) is 5.10 Å². The molecule has 0 saturated heterocycles. The number of aryl methyl sites for hydroxylation is 1. The Hall–Kier alpha value is -3.38. The van der Waals surface area contributed by atoms with Gasteiger partial charge in [-0.25, -0.2) is 10.2 Å². The second kappa shape index (κ2) is 9.41. The number of benzene rings is 2. The van der Waals surface area contributed by atoms with E-state index in [0.29, 0.717) is 22.8 Å². The number of halogens is 1. The molecule has 6 nitrogen and oxygen atoms in total. The number of nitrogens with one attached hydrogen (secondary N) is 1. The number of esters is 1. The molecule has 3 aromatic rings. The Bertz CT molecular complexity index is 1120. The molecule has 7 heteroatoms. The Morgan fingerprint density at radius 3 is 2.63 bits per heavy atom. The van der Waals surface area contributed by atoms with Gasteiger partial charge in [0, 0.05) is 22.6 Å². The van der Waals surface area contributed by atoms with Crippen molar-refractivity contribution in [2.75, 3.05) is 6.61 Å². The van der Waals surface area contributed by atoms with Crippen LogP contribution in [-0.4, -0.2) is 29.3 Å². The minimum atomic E-state index is -0.382. The number of nitrogens with zero attached hydrogens (tertiary/aromatic N) is 2. The minimum absolute atomic E-state index is 0.325. The fourth-order valence-electron chi connectivity index (χ4n) is 3.17. The first-order valence-electron chi connectivity index (χ1n) is 9.46. The fraction of sp³-hybridized carbons (Fsp3) is 0.174. The number of hydrogen-bond acceptors (Lipinski definition) is 4. The van der Waals surface area contributed by atoms with Crippen LogP contribution in [0, 0.1) is 13.8 Å². The average Bonchev–Trinajstić information content (AvgIpc) is 3.01. The van der Waals surface area contributed by atoms with Crippen LogP contribution in [0.1, 0.15) is 44.6 Å². The SMILES string of the molecule is CCOC(=O)c1cccc(-n2c(C)cc(C=NNC(=O)c3ccccc3Cl)c2C)c1. The molecule has 0 bridgehead atoms. The molecule has 1 amide bonds. The van der Waals surface area contributed by atoms with Gasteiger partial charge in [0.05, 0.1) is 29.0 Å². The van der Waals surface area contributed by atoms with Gasteiger partial charge in [0.15, 0.2) is 0 Å². The van der Waals surface area contributed by atoms with E-state index in [1.54, 1.807) is 49.5 Å². The molecule has 154 valence electrons. The lowest BCUT2D eigenvalue weighted by atomic mass is 10.2. The van der Waals surface area contributed by atoms with Crippen LogP contribution >= 0.6 is 11.6 Å². The zero-order valence-electron chi connectivity index (χ0n) is 17.0. The second-order valence-electron chi connectivity index (χ2n) is 6.61. The van der Waals surface area contributed by atoms with Gasteiger partial charge in [0.1, 0.15) is 0 Å². The highest BCUT2D eigenvalue weighted by Gasteiger charge is 2.13. The topological polar surface area (TPSA) is 72.7 Å². The first kappa shape index (κ1) is 21.3. The summed E-state index contributed by atoms with van der Waals surface area (Å²) in [6.07, 6.45) is 1.59. The summed E-state index contributed by atoms with van der Waals surface area (Å²) in [6.45, 7) is 6.01. The van der Waals surface area contributed by atoms with E-state index in [0.717, 1.165) is 22.6 Å². The van der Waals surface area contributed by atoms with Crippen molar-refractivity contribution in [1.82, 2.24) is 9.99 Å². The molecule has 0 fully saturated rings. The zero-order valence-corrected chi connectivity index (χ0v) is 17.7. The van der Waals surface area contributed by atoms with Crippen molar-refractivity contribution in [3.05, 3.63) is 87.7 Å². The third-order valence-electron chi connectivity index (χ3n) is 4.57. The van der Waals surface area contributed by atoms with Crippen LogP contribution in [0.3, 0.4) is 0 Å². The summed E-state index contributed by atoms with van der Waals surface area (Å²) < 4.78 is 7.10. The van der Waals surface area contributed by atoms with Gasteiger partial charge < -0.3 is 9.30 Å². The maximum Gasteiger partial charge on any atom is 0.338 e. The average molecular weight is 424 g/mol. The summed E-state index contributed by atoms with van der Waals surface area (Å²) in [7, 11) is 0. The first-order chi connectivity index (χ1) is 14.4. The number of aromatic nitrogens is 1. The zero-order chi connectivity index (χ0) is 21.7. The van der Waals surface area contributed by atoms with E-state index < -0.39 is 0 Å². The molecule has 0 aliphatic carbocycles. The lowest BCUT2D eigenvalue weighted by Gasteiger charge is -2.11. The molecular weight excluding hydrogens is 402 g/mol. The standard InChI is InChI=1S/C23H22ClN3O3/c1-4-30-23(29)17-8-7-9-19(13-17)27-15(2)12-18(16(27)3)14-25-26-22(28)20-10-5-6-11-21(20)24/h5-14H,4H2,1-3H3,(H,26,28). The largest absolute Gasteiger partial charge is 0.462 e. The van der Waals surface area contributed by atoms with E-state index in [-0.39, 0.29) is 11.9 Å². The molecule has 1 aromatic heterocycles. The molecule has 2 aromatic carbocycles. The number of carbonyl (C=O) groups excluding carboxylic acids is 2. The Morgan fingerprint density at radius 2 is 1.90 bits per heavy atom. The number of ether oxygens (including phenoxy) is 1. The van der Waals surface area contributed by atoms with E-state index in [1.165, 1.54) is 0 Å². The van der Waals surface area contributed by atoms with E-state index >= 15 is 0 Å². The lowest BCUT2D eigenvalue weighted by molar-refractivity contribution is 0.0526. The van der Waals surface area contributed by atoms with Crippen molar-refractivity contribution in [3.63, 3.8) is 0 Å². The molecule has 0 radical (unpaired) electrons. The molecule has 0 spiro atoms. The third kappa shape index (κ3) is 4.60. The van der Waals surface area contributed by atoms with Gasteiger partial charge in [-0.3, -0.25) is 4.79 Å². The Kier molecular flexibility index (Phi) is 6.69. The van der Waals surface area contributed by atoms with Gasteiger partial charge in [-0.05, 0) is 57.2 Å². The van der Waals surface area contributed by atoms with Crippen LogP contribution in [-0.2, 0) is 4.74 Å². The molecular formula is C23H22ClN3O3. The van der Waals surface area contributed by atoms with E-state index in [2.05, 4.69) is 10.5 Å². The van der Waals surface area contributed by atoms with Crippen molar-refractivity contribution in [3.8, 4) is 5.69 Å². The van der Waals surface area contributed by atoms with Crippen LogP contribution in [0.5, 0.6) is 0 Å². The molecule has 1 heterocycles. The number of hydrazone groups is 1. The van der Waals surface area contributed by atoms with E-state index in [1.807, 2.05) is 36.6 Å². The highest BCUT2D eigenvalue weighted by molar-refractivity contribution is 6.33. The van der Waals surface area contributed by atoms with Gasteiger partial charge in [-0.1, -0.05) is 29.8 Å². The summed E-state index contributed by atoms with van der Waals surface area (Å²) in [5.74, 6) is -0.737. The van der Waals surface area contributed by atoms with Gasteiger partial charge in [-0.15, -0.1) is 0 Å². The third-order valence-corrected chi connectivity index (χ3v) is 4.90. The van der Waals surface area contributed by atoms with Crippen LogP contribution in [0.4, 0.5) is 0 Å². The predicted octanol–water partition coefficient (Wildman–Crippen LogP) is 4.69. The Balaban J connectivity index is 1.82. The van der Waals surface area contributed by atoms with Crippen molar-refractivity contribution in [1.29, 1.82) is 0 Å². The summed E-state index contributed by atoms with van der Waals surface area (Å²) in [4.78, 5) is 24.3. The Labute approximate surface area is 180 Å². The minimum Gasteiger partial charge on any atom is -0.462 e. The smallest absolute Gasteiger partial charge is 0.338 e. The quantitative estimate of drug-likeness (QED) is 0.355.